The van der Waals surface area contributed by atoms with Gasteiger partial charge in [-0.25, -0.2) is 0 Å². The number of ether oxygens (including phenoxy) is 1. The fourth-order valence-corrected chi connectivity index (χ4v) is 2.59. The Morgan fingerprint density at radius 2 is 2.62 bits per heavy atom. The summed E-state index contributed by atoms with van der Waals surface area (Å²) in [7, 11) is 0. The number of carbonyl (C=O) groups excluding carboxylic acids is 1. The van der Waals surface area contributed by atoms with E-state index >= 15 is 0 Å². The first-order chi connectivity index (χ1) is 18.8. The van der Waals surface area contributed by atoms with Crippen molar-refractivity contribution in [3.63, 3.8) is 0 Å². The first kappa shape index (κ1) is 5.34. The molecule has 4 nitrogen and oxygen atoms in total. The monoisotopic (exact) mass is 349 g/mol. The van der Waals surface area contributed by atoms with Gasteiger partial charge in [-0.15, -0.1) is 0 Å². The quantitative estimate of drug-likeness (QED) is 0.840. The SMILES string of the molecule is [2H]c1c(C)c(C([2H])([2H])C([2H])([2H])C)c2c(c1[2H])c1c(n2[2H])[C@](C([2H])([2H])C(=O)[O+]([2H])[2H])(C([2H])(C)C([2H])([2H])[2H])OC([2H])([2H])C1([2H])[2H]. The minimum absolute atomic E-state index is 0.0341. The summed E-state index contributed by atoms with van der Waals surface area (Å²) < 4.78 is 164. The number of aromatic amines is 1. The third-order valence-corrected chi connectivity index (χ3v) is 3.70. The van der Waals surface area contributed by atoms with Crippen molar-refractivity contribution in [1.29, 1.82) is 2.86 Å². The molecule has 2 aromatic rings. The van der Waals surface area contributed by atoms with Gasteiger partial charge in [-0.05, 0) is 42.3 Å². The lowest BCUT2D eigenvalue weighted by atomic mass is 9.80. The summed E-state index contributed by atoms with van der Waals surface area (Å²) >= 11 is 0. The summed E-state index contributed by atoms with van der Waals surface area (Å²) in [6, 6.07) is -1.79. The van der Waals surface area contributed by atoms with E-state index in [9.17, 15) is 4.79 Å². The lowest BCUT2D eigenvalue weighted by molar-refractivity contribution is -0.154. The van der Waals surface area contributed by atoms with Crippen LogP contribution < -0.4 is 0 Å². The van der Waals surface area contributed by atoms with Gasteiger partial charge in [0.25, 0.3) is 0 Å². The number of carbonyl (C=O) groups is 1. The van der Waals surface area contributed by atoms with E-state index in [2.05, 4.69) is 0 Å². The second kappa shape index (κ2) is 6.25. The highest BCUT2D eigenvalue weighted by Crippen LogP contribution is 2.44. The van der Waals surface area contributed by atoms with Crippen LogP contribution in [0.2, 0.25) is 1.41 Å². The number of aromatic nitrogens is 1. The Balaban J connectivity index is 2.93. The van der Waals surface area contributed by atoms with Crippen molar-refractivity contribution < 1.29 is 38.0 Å². The number of benzene rings is 1. The fourth-order valence-electron chi connectivity index (χ4n) is 2.59. The van der Waals surface area contributed by atoms with Gasteiger partial charge in [0.2, 0.25) is 0 Å². The third kappa shape index (κ3) is 2.53. The lowest BCUT2D eigenvalue weighted by Gasteiger charge is -2.38. The molecule has 2 heterocycles. The Morgan fingerprint density at radius 3 is 3.33 bits per heavy atom. The van der Waals surface area contributed by atoms with Gasteiger partial charge < -0.3 is 14.8 Å². The largest absolute Gasteiger partial charge is 0.565 e. The van der Waals surface area contributed by atoms with Gasteiger partial charge >= 0.3 is 8.83 Å². The van der Waals surface area contributed by atoms with Crippen molar-refractivity contribution >= 4 is 16.9 Å². The van der Waals surface area contributed by atoms with Crippen molar-refractivity contribution in [3.05, 3.63) is 34.5 Å². The molecule has 130 valence electrons. The maximum atomic E-state index is 13.0. The normalized spacial score (nSPS) is 40.9. The summed E-state index contributed by atoms with van der Waals surface area (Å²) in [5, 5.41) is -0.821. The molecule has 0 bridgehead atoms. The highest BCUT2D eigenvalue weighted by molar-refractivity contribution is 5.89. The number of fused-ring (bicyclic) bond motifs is 3. The molecular weight excluding hydrogens is 302 g/mol. The van der Waals surface area contributed by atoms with E-state index in [0.717, 1.165) is 13.8 Å². The summed E-state index contributed by atoms with van der Waals surface area (Å²) in [6.07, 6.45) is -13.7. The molecule has 0 saturated carbocycles. The van der Waals surface area contributed by atoms with Crippen molar-refractivity contribution in [2.45, 2.75) is 58.7 Å². The number of hydrogen-bond acceptors (Lipinski definition) is 2. The zero-order valence-corrected chi connectivity index (χ0v) is 13.2. The topological polar surface area (TPSA) is 65.0 Å². The van der Waals surface area contributed by atoms with Gasteiger partial charge in [-0.2, -0.15) is 0 Å². The smallest absolute Gasteiger partial charge is 0.519 e. The molecule has 1 aliphatic rings. The van der Waals surface area contributed by atoms with Crippen molar-refractivity contribution in [2.24, 2.45) is 5.89 Å². The Morgan fingerprint density at radius 1 is 1.79 bits per heavy atom. The second-order valence-electron chi connectivity index (χ2n) is 5.23. The molecule has 24 heavy (non-hydrogen) atoms. The van der Waals surface area contributed by atoms with Crippen molar-refractivity contribution in [1.82, 2.24) is 4.98 Å². The van der Waals surface area contributed by atoms with E-state index in [1.165, 1.54) is 0 Å². The van der Waals surface area contributed by atoms with Crippen molar-refractivity contribution in [3.8, 4) is 0 Å². The summed E-state index contributed by atoms with van der Waals surface area (Å²) in [5.41, 5.74) is -8.71. The summed E-state index contributed by atoms with van der Waals surface area (Å²) in [4.78, 5) is 13.0. The Hall–Kier alpha value is -1.81. The van der Waals surface area contributed by atoms with E-state index < -0.39 is 102 Å². The average Bonchev–Trinajstić information content (AvgIpc) is 3.11. The van der Waals surface area contributed by atoms with Crippen LogP contribution >= 0.6 is 0 Å². The fraction of sp³-hybridized carbons (Fsp3) is 0.550. The molecule has 1 aromatic heterocycles. The number of H-pyrrole nitrogens is 1. The van der Waals surface area contributed by atoms with Crippen LogP contribution in [0, 0.1) is 12.8 Å². The second-order valence-corrected chi connectivity index (χ2v) is 5.23. The molecule has 1 aromatic carbocycles. The molecular formula is C20H28NO3+. The predicted molar refractivity (Wildman–Crippen MR) is 96.4 cm³/mol. The van der Waals surface area contributed by atoms with Crippen LogP contribution in [0.4, 0.5) is 0 Å². The van der Waals surface area contributed by atoms with Gasteiger partial charge in [0, 0.05) is 32.1 Å². The molecule has 0 fully saturated rings. The lowest BCUT2D eigenvalue weighted by Crippen LogP contribution is -2.42. The Kier molecular flexibility index (Phi) is 1.39. The third-order valence-electron chi connectivity index (χ3n) is 3.70. The van der Waals surface area contributed by atoms with E-state index in [1.54, 1.807) is 0 Å². The van der Waals surface area contributed by atoms with E-state index in [1.807, 2.05) is 0 Å². The minimum Gasteiger partial charge on any atom is -0.565 e. The first-order valence-corrected chi connectivity index (χ1v) is 7.01. The number of aryl methyl sites for hydroxylation is 2. The summed E-state index contributed by atoms with van der Waals surface area (Å²) in [6.45, 7) is -5.25. The summed E-state index contributed by atoms with van der Waals surface area (Å²) in [5.74, 6) is -5.87. The van der Waals surface area contributed by atoms with Crippen LogP contribution in [0.15, 0.2) is 12.1 Å². The van der Waals surface area contributed by atoms with E-state index in [0.29, 0.717) is 6.92 Å². The van der Waals surface area contributed by atoms with Crippen LogP contribution in [-0.4, -0.2) is 25.5 Å². The molecule has 0 saturated heterocycles. The zero-order valence-electron chi connectivity index (χ0n) is 32.2. The van der Waals surface area contributed by atoms with Crippen LogP contribution in [0.5, 0.6) is 0 Å². The highest BCUT2D eigenvalue weighted by Gasteiger charge is 2.46. The molecule has 0 spiro atoms. The van der Waals surface area contributed by atoms with Gasteiger partial charge in [0.1, 0.15) is 12.0 Å². The van der Waals surface area contributed by atoms with Crippen LogP contribution in [-0.2, 0) is 27.9 Å². The molecule has 0 radical (unpaired) electrons. The zero-order chi connectivity index (χ0) is 34.1. The Bertz CT molecular complexity index is 1500. The number of nitrogens with one attached hydrogen (secondary N) is 1. The molecule has 3 rings (SSSR count). The molecule has 1 unspecified atom stereocenters. The van der Waals surface area contributed by atoms with Crippen LogP contribution in [0.1, 0.15) is 77.8 Å². The average molecular weight is 350 g/mol. The highest BCUT2D eigenvalue weighted by atomic mass is 16.5. The van der Waals surface area contributed by atoms with Crippen molar-refractivity contribution in [2.75, 3.05) is 6.56 Å². The standard InChI is InChI=1S/C20H27NO3/c1-5-6-14-13(4)7-8-15-16-9-10-24-20(12(2)3,11-17(22)23)19(16)21-18(14)15/h7-8,12,21H,5-6,9-11H2,1-4H3,(H,22,23)/p+1/t20-/m0/s1/i2D3,5D2,6D2,7D,8D,9D2,10D2,11D2,12D/hD3/t12?,20-. The van der Waals surface area contributed by atoms with Crippen LogP contribution in [0.3, 0.4) is 0 Å². The first-order valence-electron chi connectivity index (χ1n) is 16.3. The molecule has 4 heteroatoms. The molecule has 0 aliphatic carbocycles. The minimum atomic E-state index is -4.16. The van der Waals surface area contributed by atoms with E-state index in [-0.39, 0.29) is 10.1 Å². The predicted octanol–water partition coefficient (Wildman–Crippen LogP) is 3.49. The van der Waals surface area contributed by atoms with Gasteiger partial charge in [-0.1, -0.05) is 39.2 Å². The maximum absolute atomic E-state index is 13.0. The molecule has 3 N–H and O–H groups in total. The van der Waals surface area contributed by atoms with Gasteiger partial charge in [0.05, 0.1) is 17.7 Å². The van der Waals surface area contributed by atoms with Gasteiger partial charge in [-0.3, -0.25) is 0 Å². The Labute approximate surface area is 170 Å². The van der Waals surface area contributed by atoms with E-state index in [4.69, 9.17) is 30.9 Å². The molecule has 1 aliphatic heterocycles. The molecule has 0 amide bonds. The number of hydrogen-bond donors (Lipinski definition) is 1. The molecule has 2 atom stereocenters. The number of rotatable bonds is 5. The van der Waals surface area contributed by atoms with Gasteiger partial charge in [0.15, 0.2) is 1.41 Å². The maximum Gasteiger partial charge on any atom is 0.519 e. The van der Waals surface area contributed by atoms with Crippen LogP contribution in [0.25, 0.3) is 10.9 Å².